The first kappa shape index (κ1) is 13.6. The third kappa shape index (κ3) is 3.34. The number of hydrogen-bond acceptors (Lipinski definition) is 1. The van der Waals surface area contributed by atoms with Gasteiger partial charge in [0, 0.05) is 12.3 Å². The van der Waals surface area contributed by atoms with Crippen LogP contribution in [-0.4, -0.2) is 11.1 Å². The molecule has 0 saturated carbocycles. The average Bonchev–Trinajstić information content (AvgIpc) is 2.82. The molecule has 0 spiro atoms. The van der Waals surface area contributed by atoms with Crippen molar-refractivity contribution in [2.24, 2.45) is 5.92 Å². The molecule has 0 saturated heterocycles. The lowest BCUT2D eigenvalue weighted by Crippen LogP contribution is -2.04. The highest BCUT2D eigenvalue weighted by Crippen LogP contribution is 2.38. The Kier molecular flexibility index (Phi) is 4.56. The van der Waals surface area contributed by atoms with Crippen LogP contribution in [-0.2, 0) is 4.79 Å². The summed E-state index contributed by atoms with van der Waals surface area (Å²) in [6, 6.07) is 10.4. The Labute approximate surface area is 114 Å². The van der Waals surface area contributed by atoms with E-state index in [9.17, 15) is 4.79 Å². The van der Waals surface area contributed by atoms with E-state index in [1.165, 1.54) is 16.7 Å². The summed E-state index contributed by atoms with van der Waals surface area (Å²) in [6.07, 6.45) is 7.32. The molecule has 0 heterocycles. The summed E-state index contributed by atoms with van der Waals surface area (Å²) in [6.45, 7) is 2.19. The van der Waals surface area contributed by atoms with Crippen LogP contribution >= 0.6 is 0 Å². The fourth-order valence-corrected chi connectivity index (χ4v) is 2.74. The molecule has 0 fully saturated rings. The van der Waals surface area contributed by atoms with Crippen molar-refractivity contribution < 1.29 is 9.90 Å². The monoisotopic (exact) mass is 256 g/mol. The molecule has 1 aromatic rings. The zero-order valence-electron chi connectivity index (χ0n) is 11.3. The summed E-state index contributed by atoms with van der Waals surface area (Å²) in [5.74, 6) is -0.251. The molecule has 0 radical (unpaired) electrons. The minimum atomic E-state index is -0.706. The number of carbonyl (C=O) groups is 1. The van der Waals surface area contributed by atoms with Gasteiger partial charge in [0.1, 0.15) is 0 Å². The van der Waals surface area contributed by atoms with E-state index in [1.807, 2.05) is 6.07 Å². The number of rotatable bonds is 6. The zero-order valence-corrected chi connectivity index (χ0v) is 11.3. The topological polar surface area (TPSA) is 37.3 Å². The molecule has 1 aliphatic rings. The van der Waals surface area contributed by atoms with Crippen molar-refractivity contribution in [1.29, 1.82) is 0 Å². The molecule has 0 bridgehead atoms. The molecule has 1 unspecified atom stereocenters. The number of hydrogen-bond donors (Lipinski definition) is 1. The van der Waals surface area contributed by atoms with E-state index >= 15 is 0 Å². The van der Waals surface area contributed by atoms with Crippen LogP contribution in [0.3, 0.4) is 0 Å². The van der Waals surface area contributed by atoms with E-state index in [4.69, 9.17) is 5.11 Å². The first-order valence-corrected chi connectivity index (χ1v) is 6.90. The van der Waals surface area contributed by atoms with Crippen LogP contribution in [0.15, 0.2) is 48.1 Å². The molecule has 0 aliphatic heterocycles. The molecular weight excluding hydrogens is 236 g/mol. The lowest BCUT2D eigenvalue weighted by molar-refractivity contribution is -0.137. The Hall–Kier alpha value is -1.83. The molecule has 1 aromatic carbocycles. The second-order valence-electron chi connectivity index (χ2n) is 4.94. The van der Waals surface area contributed by atoms with E-state index in [-0.39, 0.29) is 6.42 Å². The van der Waals surface area contributed by atoms with E-state index in [0.717, 1.165) is 19.3 Å². The molecule has 2 rings (SSSR count). The van der Waals surface area contributed by atoms with E-state index in [2.05, 4.69) is 43.3 Å². The summed E-state index contributed by atoms with van der Waals surface area (Å²) in [5.41, 5.74) is 4.02. The molecule has 1 atom stereocenters. The van der Waals surface area contributed by atoms with E-state index in [1.54, 1.807) is 0 Å². The Bertz CT molecular complexity index is 497. The van der Waals surface area contributed by atoms with Crippen LogP contribution < -0.4 is 0 Å². The fraction of sp³-hybridized carbons (Fsp3) is 0.353. The van der Waals surface area contributed by atoms with Crippen LogP contribution in [0.25, 0.3) is 5.57 Å². The maximum absolute atomic E-state index is 10.6. The quantitative estimate of drug-likeness (QED) is 0.824. The van der Waals surface area contributed by atoms with Gasteiger partial charge >= 0.3 is 5.97 Å². The van der Waals surface area contributed by atoms with Crippen molar-refractivity contribution in [3.8, 4) is 0 Å². The highest BCUT2D eigenvalue weighted by Gasteiger charge is 2.22. The van der Waals surface area contributed by atoms with Crippen LogP contribution in [0.5, 0.6) is 0 Å². The summed E-state index contributed by atoms with van der Waals surface area (Å²) < 4.78 is 0. The minimum Gasteiger partial charge on any atom is -0.481 e. The highest BCUT2D eigenvalue weighted by molar-refractivity contribution is 5.74. The summed E-state index contributed by atoms with van der Waals surface area (Å²) in [7, 11) is 0. The molecule has 2 nitrogen and oxygen atoms in total. The number of carboxylic acids is 1. The first-order chi connectivity index (χ1) is 9.22. The van der Waals surface area contributed by atoms with E-state index in [0.29, 0.717) is 5.92 Å². The van der Waals surface area contributed by atoms with Gasteiger partial charge in [-0.1, -0.05) is 55.0 Å². The van der Waals surface area contributed by atoms with Gasteiger partial charge in [-0.05, 0) is 30.4 Å². The number of allylic oxidation sites excluding steroid dienone is 4. The second kappa shape index (κ2) is 6.37. The van der Waals surface area contributed by atoms with Crippen LogP contribution in [0, 0.1) is 5.92 Å². The lowest BCUT2D eigenvalue weighted by Gasteiger charge is -2.18. The van der Waals surface area contributed by atoms with Gasteiger partial charge in [-0.3, -0.25) is 4.79 Å². The zero-order chi connectivity index (χ0) is 13.7. The number of benzene rings is 1. The van der Waals surface area contributed by atoms with Crippen molar-refractivity contribution in [2.45, 2.75) is 32.6 Å². The van der Waals surface area contributed by atoms with Gasteiger partial charge in [0.25, 0.3) is 0 Å². The molecule has 1 aliphatic carbocycles. The second-order valence-corrected chi connectivity index (χ2v) is 4.94. The Balaban J connectivity index is 2.02. The standard InChI is InChI=1S/C17H20O2/c1-2-15-14(9-6-10-17(18)19)11-12-16(15)13-7-4-3-5-8-13/h3-5,7-8,11-12,15H,2,6,9-10H2,1H3,(H,18,19). The van der Waals surface area contributed by atoms with Gasteiger partial charge in [0.15, 0.2) is 0 Å². The maximum Gasteiger partial charge on any atom is 0.303 e. The molecule has 0 amide bonds. The predicted molar refractivity (Wildman–Crippen MR) is 77.8 cm³/mol. The van der Waals surface area contributed by atoms with Gasteiger partial charge in [-0.15, -0.1) is 0 Å². The van der Waals surface area contributed by atoms with Gasteiger partial charge < -0.3 is 5.11 Å². The molecular formula is C17H20O2. The molecule has 19 heavy (non-hydrogen) atoms. The maximum atomic E-state index is 10.6. The van der Waals surface area contributed by atoms with Gasteiger partial charge in [-0.25, -0.2) is 0 Å². The average molecular weight is 256 g/mol. The van der Waals surface area contributed by atoms with Crippen molar-refractivity contribution in [1.82, 2.24) is 0 Å². The number of carboxylic acid groups (broad SMARTS) is 1. The molecule has 2 heteroatoms. The third-order valence-corrected chi connectivity index (χ3v) is 3.67. The Morgan fingerprint density at radius 3 is 2.58 bits per heavy atom. The molecule has 1 N–H and O–H groups in total. The Morgan fingerprint density at radius 1 is 1.21 bits per heavy atom. The summed E-state index contributed by atoms with van der Waals surface area (Å²) in [5, 5.41) is 8.71. The van der Waals surface area contributed by atoms with Gasteiger partial charge in [0.05, 0.1) is 0 Å². The lowest BCUT2D eigenvalue weighted by atomic mass is 9.86. The predicted octanol–water partition coefficient (Wildman–Crippen LogP) is 4.29. The smallest absolute Gasteiger partial charge is 0.303 e. The highest BCUT2D eigenvalue weighted by atomic mass is 16.4. The summed E-state index contributed by atoms with van der Waals surface area (Å²) in [4.78, 5) is 10.6. The number of aliphatic carboxylic acids is 1. The van der Waals surface area contributed by atoms with Gasteiger partial charge in [-0.2, -0.15) is 0 Å². The van der Waals surface area contributed by atoms with Crippen LogP contribution in [0.2, 0.25) is 0 Å². The van der Waals surface area contributed by atoms with Crippen LogP contribution in [0.1, 0.15) is 38.2 Å². The normalized spacial score (nSPS) is 18.1. The minimum absolute atomic E-state index is 0.258. The Morgan fingerprint density at radius 2 is 1.95 bits per heavy atom. The third-order valence-electron chi connectivity index (χ3n) is 3.67. The summed E-state index contributed by atoms with van der Waals surface area (Å²) >= 11 is 0. The van der Waals surface area contributed by atoms with Crippen molar-refractivity contribution in [2.75, 3.05) is 0 Å². The van der Waals surface area contributed by atoms with Crippen molar-refractivity contribution in [3.05, 3.63) is 53.6 Å². The largest absolute Gasteiger partial charge is 0.481 e. The SMILES string of the molecule is CCC1C(CCCC(=O)O)=CC=C1c1ccccc1. The van der Waals surface area contributed by atoms with E-state index < -0.39 is 5.97 Å². The fourth-order valence-electron chi connectivity index (χ4n) is 2.74. The van der Waals surface area contributed by atoms with Gasteiger partial charge in [0.2, 0.25) is 0 Å². The molecule has 100 valence electrons. The van der Waals surface area contributed by atoms with Crippen LogP contribution in [0.4, 0.5) is 0 Å². The first-order valence-electron chi connectivity index (χ1n) is 6.90. The molecule has 0 aromatic heterocycles. The van der Waals surface area contributed by atoms with Crippen molar-refractivity contribution >= 4 is 11.5 Å². The van der Waals surface area contributed by atoms with Crippen molar-refractivity contribution in [3.63, 3.8) is 0 Å².